The number of rotatable bonds is 5. The number of hydrogen-bond donors (Lipinski definition) is 2. The predicted octanol–water partition coefficient (Wildman–Crippen LogP) is 2.23. The maximum Gasteiger partial charge on any atom is 0.416 e. The van der Waals surface area contributed by atoms with Gasteiger partial charge in [0.25, 0.3) is 0 Å². The van der Waals surface area contributed by atoms with Crippen LogP contribution in [0.1, 0.15) is 24.0 Å². The number of halogens is 3. The van der Waals surface area contributed by atoms with Crippen LogP contribution in [0.25, 0.3) is 0 Å². The van der Waals surface area contributed by atoms with Crippen LogP contribution in [0.5, 0.6) is 0 Å². The molecule has 1 aliphatic rings. The van der Waals surface area contributed by atoms with Gasteiger partial charge in [0.05, 0.1) is 5.56 Å². The zero-order valence-electron chi connectivity index (χ0n) is 11.0. The van der Waals surface area contributed by atoms with Gasteiger partial charge in [-0.25, -0.2) is 4.79 Å². The smallest absolute Gasteiger partial charge is 0.416 e. The molecule has 114 valence electrons. The van der Waals surface area contributed by atoms with Gasteiger partial charge < -0.3 is 10.4 Å². The van der Waals surface area contributed by atoms with Gasteiger partial charge in [-0.2, -0.15) is 13.2 Å². The molecule has 0 aliphatic heterocycles. The Bertz CT molecular complexity index is 535. The molecule has 1 saturated carbocycles. The van der Waals surface area contributed by atoms with Crippen molar-refractivity contribution in [2.75, 3.05) is 0 Å². The Morgan fingerprint density at radius 1 is 1.24 bits per heavy atom. The number of carboxylic acid groups (broad SMARTS) is 1. The van der Waals surface area contributed by atoms with Crippen LogP contribution < -0.4 is 5.32 Å². The summed E-state index contributed by atoms with van der Waals surface area (Å²) in [6.07, 6.45) is -2.98. The quantitative estimate of drug-likeness (QED) is 0.876. The van der Waals surface area contributed by atoms with E-state index in [1.54, 1.807) is 0 Å². The highest BCUT2D eigenvalue weighted by Crippen LogP contribution is 2.30. The zero-order valence-corrected chi connectivity index (χ0v) is 11.0. The van der Waals surface area contributed by atoms with E-state index in [1.807, 2.05) is 0 Å². The SMILES string of the molecule is O=C(N[C@@H](Cc1ccc(C(F)(F)F)cc1)C(=O)O)C1CC1. The van der Waals surface area contributed by atoms with E-state index in [1.165, 1.54) is 12.1 Å². The van der Waals surface area contributed by atoms with Crippen LogP contribution in [-0.4, -0.2) is 23.0 Å². The van der Waals surface area contributed by atoms with Crippen molar-refractivity contribution in [3.63, 3.8) is 0 Å². The zero-order chi connectivity index (χ0) is 15.6. The van der Waals surface area contributed by atoms with Crippen LogP contribution in [0.3, 0.4) is 0 Å². The van der Waals surface area contributed by atoms with Crippen LogP contribution in [0.2, 0.25) is 0 Å². The molecule has 1 aromatic rings. The molecule has 0 spiro atoms. The molecule has 2 N–H and O–H groups in total. The van der Waals surface area contributed by atoms with Crippen molar-refractivity contribution in [2.45, 2.75) is 31.5 Å². The standard InChI is InChI=1S/C14H14F3NO3/c15-14(16,17)10-5-1-8(2-6-10)7-11(13(20)21)18-12(19)9-3-4-9/h1-2,5-6,9,11H,3-4,7H2,(H,18,19)(H,20,21)/t11-/m0/s1. The lowest BCUT2D eigenvalue weighted by Gasteiger charge is -2.15. The molecule has 7 heteroatoms. The number of benzene rings is 1. The van der Waals surface area contributed by atoms with E-state index < -0.39 is 23.8 Å². The fourth-order valence-electron chi connectivity index (χ4n) is 1.90. The molecular weight excluding hydrogens is 287 g/mol. The molecule has 21 heavy (non-hydrogen) atoms. The van der Waals surface area contributed by atoms with Crippen LogP contribution in [-0.2, 0) is 22.2 Å². The highest BCUT2D eigenvalue weighted by Gasteiger charge is 2.33. The Morgan fingerprint density at radius 3 is 2.24 bits per heavy atom. The summed E-state index contributed by atoms with van der Waals surface area (Å²) in [6, 6.07) is 3.12. The van der Waals surface area contributed by atoms with E-state index >= 15 is 0 Å². The monoisotopic (exact) mass is 301 g/mol. The fraction of sp³-hybridized carbons (Fsp3) is 0.429. The van der Waals surface area contributed by atoms with Gasteiger partial charge in [-0.05, 0) is 30.5 Å². The molecule has 1 aromatic carbocycles. The molecule has 1 fully saturated rings. The topological polar surface area (TPSA) is 66.4 Å². The largest absolute Gasteiger partial charge is 0.480 e. The Morgan fingerprint density at radius 2 is 1.81 bits per heavy atom. The number of aliphatic carboxylic acids is 1. The second-order valence-corrected chi connectivity index (χ2v) is 5.07. The average Bonchev–Trinajstić information content (AvgIpc) is 3.21. The number of carbonyl (C=O) groups excluding carboxylic acids is 1. The summed E-state index contributed by atoms with van der Waals surface area (Å²) < 4.78 is 37.3. The van der Waals surface area contributed by atoms with Crippen molar-refractivity contribution in [1.29, 1.82) is 0 Å². The van der Waals surface area contributed by atoms with E-state index in [4.69, 9.17) is 5.11 Å². The first-order valence-electron chi connectivity index (χ1n) is 6.46. The van der Waals surface area contributed by atoms with E-state index in [0.29, 0.717) is 5.56 Å². The molecule has 0 unspecified atom stereocenters. The molecule has 4 nitrogen and oxygen atoms in total. The molecule has 0 radical (unpaired) electrons. The second kappa shape index (κ2) is 5.75. The first-order valence-corrected chi connectivity index (χ1v) is 6.46. The average molecular weight is 301 g/mol. The molecule has 1 atom stereocenters. The van der Waals surface area contributed by atoms with Crippen molar-refractivity contribution < 1.29 is 27.9 Å². The van der Waals surface area contributed by atoms with Gasteiger partial charge in [-0.3, -0.25) is 4.79 Å². The Kier molecular flexibility index (Phi) is 4.20. The van der Waals surface area contributed by atoms with Gasteiger partial charge >= 0.3 is 12.1 Å². The Labute approximate surface area is 119 Å². The molecule has 0 bridgehead atoms. The third kappa shape index (κ3) is 4.21. The minimum atomic E-state index is -4.43. The minimum Gasteiger partial charge on any atom is -0.480 e. The molecule has 0 heterocycles. The maximum atomic E-state index is 12.4. The van der Waals surface area contributed by atoms with Gasteiger partial charge in [0.1, 0.15) is 6.04 Å². The van der Waals surface area contributed by atoms with Crippen molar-refractivity contribution in [2.24, 2.45) is 5.92 Å². The van der Waals surface area contributed by atoms with Crippen LogP contribution in [0.15, 0.2) is 24.3 Å². The van der Waals surface area contributed by atoms with Crippen molar-refractivity contribution in [1.82, 2.24) is 5.32 Å². The minimum absolute atomic E-state index is 0.0497. The van der Waals surface area contributed by atoms with E-state index in [9.17, 15) is 22.8 Å². The normalized spacial score (nSPS) is 16.3. The predicted molar refractivity (Wildman–Crippen MR) is 67.4 cm³/mol. The summed E-state index contributed by atoms with van der Waals surface area (Å²) in [5.74, 6) is -1.64. The lowest BCUT2D eigenvalue weighted by atomic mass is 10.0. The van der Waals surface area contributed by atoms with Gasteiger partial charge in [0, 0.05) is 12.3 Å². The van der Waals surface area contributed by atoms with Crippen molar-refractivity contribution in [3.8, 4) is 0 Å². The van der Waals surface area contributed by atoms with Crippen LogP contribution in [0.4, 0.5) is 13.2 Å². The molecule has 1 aliphatic carbocycles. The number of carboxylic acids is 1. The summed E-state index contributed by atoms with van der Waals surface area (Å²) in [6.45, 7) is 0. The highest BCUT2D eigenvalue weighted by molar-refractivity contribution is 5.86. The number of hydrogen-bond acceptors (Lipinski definition) is 2. The number of amides is 1. The Hall–Kier alpha value is -2.05. The summed E-state index contributed by atoms with van der Waals surface area (Å²) in [5, 5.41) is 11.5. The second-order valence-electron chi connectivity index (χ2n) is 5.07. The van der Waals surface area contributed by atoms with Gasteiger partial charge in [-0.15, -0.1) is 0 Å². The summed E-state index contributed by atoms with van der Waals surface area (Å²) >= 11 is 0. The lowest BCUT2D eigenvalue weighted by molar-refractivity contribution is -0.142. The van der Waals surface area contributed by atoms with E-state index in [0.717, 1.165) is 25.0 Å². The van der Waals surface area contributed by atoms with Gasteiger partial charge in [0.15, 0.2) is 0 Å². The number of carbonyl (C=O) groups is 2. The summed E-state index contributed by atoms with van der Waals surface area (Å²) in [5.41, 5.74) is -0.369. The summed E-state index contributed by atoms with van der Waals surface area (Å²) in [4.78, 5) is 22.7. The lowest BCUT2D eigenvalue weighted by Crippen LogP contribution is -2.43. The molecule has 2 rings (SSSR count). The maximum absolute atomic E-state index is 12.4. The van der Waals surface area contributed by atoms with Crippen molar-refractivity contribution in [3.05, 3.63) is 35.4 Å². The van der Waals surface area contributed by atoms with E-state index in [2.05, 4.69) is 5.32 Å². The van der Waals surface area contributed by atoms with E-state index in [-0.39, 0.29) is 18.2 Å². The first kappa shape index (κ1) is 15.3. The number of alkyl halides is 3. The fourth-order valence-corrected chi connectivity index (χ4v) is 1.90. The van der Waals surface area contributed by atoms with Crippen molar-refractivity contribution >= 4 is 11.9 Å². The van der Waals surface area contributed by atoms with Crippen LogP contribution in [0, 0.1) is 5.92 Å². The summed E-state index contributed by atoms with van der Waals surface area (Å²) in [7, 11) is 0. The first-order chi connectivity index (χ1) is 9.77. The van der Waals surface area contributed by atoms with Gasteiger partial charge in [0.2, 0.25) is 5.91 Å². The molecule has 0 aromatic heterocycles. The third-order valence-electron chi connectivity index (χ3n) is 3.28. The third-order valence-corrected chi connectivity index (χ3v) is 3.28. The number of nitrogens with one attached hydrogen (secondary N) is 1. The molecular formula is C14H14F3NO3. The van der Waals surface area contributed by atoms with Crippen LogP contribution >= 0.6 is 0 Å². The highest BCUT2D eigenvalue weighted by atomic mass is 19.4. The molecule has 1 amide bonds. The van der Waals surface area contributed by atoms with Gasteiger partial charge in [-0.1, -0.05) is 12.1 Å². The Balaban J connectivity index is 2.02. The molecule has 0 saturated heterocycles.